The van der Waals surface area contributed by atoms with Gasteiger partial charge in [-0.05, 0) is 62.0 Å². The van der Waals surface area contributed by atoms with E-state index in [1.807, 2.05) is 6.20 Å². The van der Waals surface area contributed by atoms with E-state index >= 15 is 0 Å². The maximum Gasteiger partial charge on any atom is 0.0605 e. The van der Waals surface area contributed by atoms with Gasteiger partial charge in [0.2, 0.25) is 0 Å². The molecule has 1 fully saturated rings. The fraction of sp³-hybridized carbons (Fsp3) is 0.706. The molecule has 2 aliphatic rings. The van der Waals surface area contributed by atoms with Crippen LogP contribution in [0.2, 0.25) is 0 Å². The zero-order valence-corrected chi connectivity index (χ0v) is 12.2. The van der Waals surface area contributed by atoms with Crippen LogP contribution in [0.15, 0.2) is 18.3 Å². The molecule has 104 valence electrons. The summed E-state index contributed by atoms with van der Waals surface area (Å²) in [4.78, 5) is 4.64. The Kier molecular flexibility index (Phi) is 3.88. The number of rotatable bonds is 2. The van der Waals surface area contributed by atoms with Crippen LogP contribution in [0.1, 0.15) is 63.3 Å². The van der Waals surface area contributed by atoms with Crippen LogP contribution in [0.25, 0.3) is 0 Å². The van der Waals surface area contributed by atoms with Crippen molar-refractivity contribution < 1.29 is 0 Å². The van der Waals surface area contributed by atoms with E-state index < -0.39 is 0 Å². The van der Waals surface area contributed by atoms with E-state index in [4.69, 9.17) is 0 Å². The first-order valence-electron chi connectivity index (χ1n) is 7.94. The summed E-state index contributed by atoms with van der Waals surface area (Å²) in [6, 6.07) is 5.51. The molecule has 4 unspecified atom stereocenters. The molecular formula is C17H26N2. The van der Waals surface area contributed by atoms with Crippen LogP contribution in [-0.2, 0) is 6.42 Å². The Bertz CT molecular complexity index is 429. The van der Waals surface area contributed by atoms with Gasteiger partial charge in [-0.1, -0.05) is 19.9 Å². The summed E-state index contributed by atoms with van der Waals surface area (Å²) in [5.41, 5.74) is 2.78. The van der Waals surface area contributed by atoms with E-state index in [9.17, 15) is 0 Å². The van der Waals surface area contributed by atoms with Crippen molar-refractivity contribution in [3.63, 3.8) is 0 Å². The minimum Gasteiger partial charge on any atom is -0.306 e. The van der Waals surface area contributed by atoms with Gasteiger partial charge in [-0.2, -0.15) is 0 Å². The molecule has 2 aliphatic carbocycles. The first-order valence-corrected chi connectivity index (χ1v) is 7.94. The summed E-state index contributed by atoms with van der Waals surface area (Å²) < 4.78 is 0. The van der Waals surface area contributed by atoms with Crippen molar-refractivity contribution in [1.29, 1.82) is 0 Å². The monoisotopic (exact) mass is 258 g/mol. The molecule has 0 aromatic carbocycles. The molecule has 4 atom stereocenters. The molecule has 0 bridgehead atoms. The zero-order valence-electron chi connectivity index (χ0n) is 12.2. The van der Waals surface area contributed by atoms with Gasteiger partial charge >= 0.3 is 0 Å². The Morgan fingerprint density at radius 1 is 1.21 bits per heavy atom. The van der Waals surface area contributed by atoms with Crippen LogP contribution < -0.4 is 5.32 Å². The van der Waals surface area contributed by atoms with Crippen LogP contribution in [0.3, 0.4) is 0 Å². The van der Waals surface area contributed by atoms with Crippen LogP contribution in [0.4, 0.5) is 0 Å². The predicted octanol–water partition coefficient (Wildman–Crippen LogP) is 3.87. The molecule has 1 heterocycles. The number of fused-ring (bicyclic) bond motifs is 1. The van der Waals surface area contributed by atoms with Gasteiger partial charge in [-0.25, -0.2) is 0 Å². The lowest BCUT2D eigenvalue weighted by atomic mass is 9.79. The maximum atomic E-state index is 4.64. The molecule has 0 radical (unpaired) electrons. The molecular weight excluding hydrogens is 232 g/mol. The second kappa shape index (κ2) is 5.62. The topological polar surface area (TPSA) is 24.9 Å². The smallest absolute Gasteiger partial charge is 0.0605 e. The van der Waals surface area contributed by atoms with Gasteiger partial charge in [0, 0.05) is 18.3 Å². The standard InChI is InChI=1S/C17H26N2/c1-12-8-9-15(13(2)11-12)19-16-7-3-5-14-6-4-10-18-17(14)16/h4,6,10,12-13,15-16,19H,3,5,7-9,11H2,1-2H3. The molecule has 0 aliphatic heterocycles. The highest BCUT2D eigenvalue weighted by molar-refractivity contribution is 5.25. The minimum absolute atomic E-state index is 0.491. The molecule has 2 heteroatoms. The Morgan fingerprint density at radius 2 is 2.11 bits per heavy atom. The lowest BCUT2D eigenvalue weighted by molar-refractivity contribution is 0.207. The maximum absolute atomic E-state index is 4.64. The first-order chi connectivity index (χ1) is 9.24. The van der Waals surface area contributed by atoms with Crippen LogP contribution in [-0.4, -0.2) is 11.0 Å². The SMILES string of the molecule is CC1CCC(NC2CCCc3cccnc32)C(C)C1. The Labute approximate surface area is 117 Å². The second-order valence-corrected chi connectivity index (χ2v) is 6.66. The van der Waals surface area contributed by atoms with Crippen LogP contribution in [0.5, 0.6) is 0 Å². The average Bonchev–Trinajstić information content (AvgIpc) is 2.42. The van der Waals surface area contributed by atoms with E-state index in [0.717, 1.165) is 11.8 Å². The second-order valence-electron chi connectivity index (χ2n) is 6.66. The third-order valence-corrected chi connectivity index (χ3v) is 5.04. The molecule has 1 N–H and O–H groups in total. The number of hydrogen-bond acceptors (Lipinski definition) is 2. The highest BCUT2D eigenvalue weighted by atomic mass is 15.0. The highest BCUT2D eigenvalue weighted by Gasteiger charge is 2.29. The normalized spacial score (nSPS) is 34.8. The average molecular weight is 258 g/mol. The molecule has 0 amide bonds. The summed E-state index contributed by atoms with van der Waals surface area (Å²) in [7, 11) is 0. The number of nitrogens with one attached hydrogen (secondary N) is 1. The van der Waals surface area contributed by atoms with Crippen molar-refractivity contribution in [2.24, 2.45) is 11.8 Å². The molecule has 1 aromatic rings. The van der Waals surface area contributed by atoms with Gasteiger partial charge in [0.05, 0.1) is 5.69 Å². The van der Waals surface area contributed by atoms with Crippen molar-refractivity contribution >= 4 is 0 Å². The number of pyridine rings is 1. The third-order valence-electron chi connectivity index (χ3n) is 5.04. The van der Waals surface area contributed by atoms with E-state index in [1.54, 1.807) is 0 Å². The third kappa shape index (κ3) is 2.84. The van der Waals surface area contributed by atoms with E-state index in [1.165, 1.54) is 49.8 Å². The van der Waals surface area contributed by atoms with Gasteiger partial charge in [0.1, 0.15) is 0 Å². The van der Waals surface area contributed by atoms with Gasteiger partial charge in [-0.3, -0.25) is 4.98 Å². The summed E-state index contributed by atoms with van der Waals surface area (Å²) in [5, 5.41) is 3.92. The minimum atomic E-state index is 0.491. The number of hydrogen-bond donors (Lipinski definition) is 1. The fourth-order valence-electron chi connectivity index (χ4n) is 3.94. The molecule has 0 spiro atoms. The zero-order chi connectivity index (χ0) is 13.2. The Morgan fingerprint density at radius 3 is 2.95 bits per heavy atom. The lowest BCUT2D eigenvalue weighted by Crippen LogP contribution is -2.42. The summed E-state index contributed by atoms with van der Waals surface area (Å²) in [5.74, 6) is 1.71. The number of nitrogens with zero attached hydrogens (tertiary/aromatic N) is 1. The molecule has 1 aromatic heterocycles. The first kappa shape index (κ1) is 13.1. The number of aryl methyl sites for hydroxylation is 1. The largest absolute Gasteiger partial charge is 0.306 e. The van der Waals surface area contributed by atoms with Crippen molar-refractivity contribution in [3.8, 4) is 0 Å². The lowest BCUT2D eigenvalue weighted by Gasteiger charge is -2.37. The van der Waals surface area contributed by atoms with Crippen LogP contribution >= 0.6 is 0 Å². The van der Waals surface area contributed by atoms with Crippen molar-refractivity contribution in [3.05, 3.63) is 29.6 Å². The fourth-order valence-corrected chi connectivity index (χ4v) is 3.94. The quantitative estimate of drug-likeness (QED) is 0.871. The van der Waals surface area contributed by atoms with Gasteiger partial charge < -0.3 is 5.32 Å². The predicted molar refractivity (Wildman–Crippen MR) is 79.0 cm³/mol. The van der Waals surface area contributed by atoms with Crippen molar-refractivity contribution in [1.82, 2.24) is 10.3 Å². The number of aromatic nitrogens is 1. The van der Waals surface area contributed by atoms with Gasteiger partial charge in [0.15, 0.2) is 0 Å². The molecule has 19 heavy (non-hydrogen) atoms. The van der Waals surface area contributed by atoms with E-state index in [-0.39, 0.29) is 0 Å². The van der Waals surface area contributed by atoms with Gasteiger partial charge in [0.25, 0.3) is 0 Å². The molecule has 3 rings (SSSR count). The molecule has 1 saturated carbocycles. The summed E-state index contributed by atoms with van der Waals surface area (Å²) in [6.07, 6.45) is 9.80. The molecule has 0 saturated heterocycles. The van der Waals surface area contributed by atoms with E-state index in [0.29, 0.717) is 12.1 Å². The highest BCUT2D eigenvalue weighted by Crippen LogP contribution is 2.33. The van der Waals surface area contributed by atoms with Crippen LogP contribution in [0, 0.1) is 11.8 Å². The van der Waals surface area contributed by atoms with Crippen molar-refractivity contribution in [2.75, 3.05) is 0 Å². The van der Waals surface area contributed by atoms with Gasteiger partial charge in [-0.15, -0.1) is 0 Å². The van der Waals surface area contributed by atoms with E-state index in [2.05, 4.69) is 36.3 Å². The summed E-state index contributed by atoms with van der Waals surface area (Å²) >= 11 is 0. The van der Waals surface area contributed by atoms with Crippen molar-refractivity contribution in [2.45, 2.75) is 64.5 Å². The Balaban J connectivity index is 1.71. The summed E-state index contributed by atoms with van der Waals surface area (Å²) in [6.45, 7) is 4.81. The molecule has 2 nitrogen and oxygen atoms in total. The Hall–Kier alpha value is -0.890.